The number of benzene rings is 1. The van der Waals surface area contributed by atoms with Gasteiger partial charge in [-0.2, -0.15) is 0 Å². The maximum Gasteiger partial charge on any atom is 0.325 e. The fourth-order valence-corrected chi connectivity index (χ4v) is 4.02. The monoisotopic (exact) mass is 346 g/mol. The average Bonchev–Trinajstić information content (AvgIpc) is 3.06. The van der Waals surface area contributed by atoms with Gasteiger partial charge in [0.15, 0.2) is 0 Å². The van der Waals surface area contributed by atoms with Crippen molar-refractivity contribution in [3.05, 3.63) is 35.9 Å². The van der Waals surface area contributed by atoms with Crippen molar-refractivity contribution in [2.45, 2.75) is 37.9 Å². The average molecular weight is 346 g/mol. The van der Waals surface area contributed by atoms with Crippen LogP contribution in [0.25, 0.3) is 0 Å². The van der Waals surface area contributed by atoms with Crippen molar-refractivity contribution >= 4 is 11.9 Å². The maximum atomic E-state index is 13.0. The van der Waals surface area contributed by atoms with E-state index in [1.54, 1.807) is 14.0 Å². The number of hydrogen-bond acceptors (Lipinski definition) is 5. The molecule has 2 unspecified atom stereocenters. The number of amides is 1. The minimum atomic E-state index is -0.565. The van der Waals surface area contributed by atoms with Crippen LogP contribution in [0.3, 0.4) is 0 Å². The fourth-order valence-electron chi connectivity index (χ4n) is 4.02. The molecule has 1 spiro atoms. The zero-order valence-electron chi connectivity index (χ0n) is 14.9. The Labute approximate surface area is 148 Å². The van der Waals surface area contributed by atoms with Gasteiger partial charge < -0.3 is 14.4 Å². The summed E-state index contributed by atoms with van der Waals surface area (Å²) in [5, 5.41) is 0. The third-order valence-electron chi connectivity index (χ3n) is 5.15. The molecule has 0 bridgehead atoms. The van der Waals surface area contributed by atoms with Gasteiger partial charge in [0, 0.05) is 26.7 Å². The summed E-state index contributed by atoms with van der Waals surface area (Å²) in [5.74, 6) is -0.195. The first kappa shape index (κ1) is 17.9. The Morgan fingerprint density at radius 2 is 2.08 bits per heavy atom. The molecule has 2 heterocycles. The molecule has 3 rings (SSSR count). The number of β-lactam (4-membered cyclic amide) rings is 1. The van der Waals surface area contributed by atoms with Crippen LogP contribution < -0.4 is 0 Å². The van der Waals surface area contributed by atoms with Gasteiger partial charge in [-0.3, -0.25) is 14.5 Å². The van der Waals surface area contributed by atoms with E-state index in [1.807, 2.05) is 40.1 Å². The Kier molecular flexibility index (Phi) is 5.39. The molecule has 0 N–H and O–H groups in total. The minimum Gasteiger partial charge on any atom is -0.465 e. The number of hydrogen-bond donors (Lipinski definition) is 0. The standard InChI is InChI=1S/C19H26N2O4/c1-3-25-17(22)16(13-24-2)21-11-7-10-19(21)14-20(18(19)23)12-15-8-5-4-6-9-15/h4-6,8-9,16H,3,7,10-14H2,1-2H3. The first-order valence-corrected chi connectivity index (χ1v) is 8.88. The van der Waals surface area contributed by atoms with Crippen LogP contribution in [0.5, 0.6) is 0 Å². The summed E-state index contributed by atoms with van der Waals surface area (Å²) >= 11 is 0. The van der Waals surface area contributed by atoms with Gasteiger partial charge in [-0.15, -0.1) is 0 Å². The molecule has 1 aromatic carbocycles. The molecule has 6 heteroatoms. The molecule has 1 amide bonds. The van der Waals surface area contributed by atoms with Crippen LogP contribution in [0.1, 0.15) is 25.3 Å². The number of carbonyl (C=O) groups excluding carboxylic acids is 2. The molecule has 6 nitrogen and oxygen atoms in total. The molecule has 2 atom stereocenters. The first-order valence-electron chi connectivity index (χ1n) is 8.88. The predicted octanol–water partition coefficient (Wildman–Crippen LogP) is 1.44. The highest BCUT2D eigenvalue weighted by Gasteiger charge is 2.60. The van der Waals surface area contributed by atoms with E-state index in [-0.39, 0.29) is 18.5 Å². The van der Waals surface area contributed by atoms with Gasteiger partial charge in [-0.25, -0.2) is 0 Å². The second-order valence-corrected chi connectivity index (χ2v) is 6.70. The van der Waals surface area contributed by atoms with E-state index in [4.69, 9.17) is 9.47 Å². The number of esters is 1. The van der Waals surface area contributed by atoms with E-state index >= 15 is 0 Å². The van der Waals surface area contributed by atoms with Crippen molar-refractivity contribution in [2.24, 2.45) is 0 Å². The molecule has 136 valence electrons. The quantitative estimate of drug-likeness (QED) is 0.552. The van der Waals surface area contributed by atoms with Crippen LogP contribution in [0, 0.1) is 0 Å². The summed E-state index contributed by atoms with van der Waals surface area (Å²) in [6, 6.07) is 9.46. The summed E-state index contributed by atoms with van der Waals surface area (Å²) in [6.07, 6.45) is 1.70. The van der Waals surface area contributed by atoms with Crippen molar-refractivity contribution in [1.82, 2.24) is 9.80 Å². The highest BCUT2D eigenvalue weighted by Crippen LogP contribution is 2.41. The van der Waals surface area contributed by atoms with Gasteiger partial charge in [-0.1, -0.05) is 30.3 Å². The predicted molar refractivity (Wildman–Crippen MR) is 92.8 cm³/mol. The largest absolute Gasteiger partial charge is 0.465 e. The molecular weight excluding hydrogens is 320 g/mol. The summed E-state index contributed by atoms with van der Waals surface area (Å²) < 4.78 is 10.4. The lowest BCUT2D eigenvalue weighted by Gasteiger charge is -2.52. The number of ether oxygens (including phenoxy) is 2. The fraction of sp³-hybridized carbons (Fsp3) is 0.579. The van der Waals surface area contributed by atoms with Gasteiger partial charge >= 0.3 is 5.97 Å². The van der Waals surface area contributed by atoms with Crippen LogP contribution in [0.2, 0.25) is 0 Å². The summed E-state index contributed by atoms with van der Waals surface area (Å²) in [5.41, 5.74) is 0.555. The lowest BCUT2D eigenvalue weighted by Crippen LogP contribution is -2.74. The van der Waals surface area contributed by atoms with E-state index in [0.717, 1.165) is 24.9 Å². The Balaban J connectivity index is 1.72. The number of rotatable bonds is 7. The zero-order chi connectivity index (χ0) is 17.9. The van der Waals surface area contributed by atoms with Crippen molar-refractivity contribution in [3.63, 3.8) is 0 Å². The topological polar surface area (TPSA) is 59.1 Å². The normalized spacial score (nSPS) is 24.4. The Bertz CT molecular complexity index is 621. The highest BCUT2D eigenvalue weighted by atomic mass is 16.5. The van der Waals surface area contributed by atoms with E-state index in [1.165, 1.54) is 0 Å². The maximum absolute atomic E-state index is 13.0. The highest BCUT2D eigenvalue weighted by molar-refractivity contribution is 5.94. The van der Waals surface area contributed by atoms with E-state index in [2.05, 4.69) is 0 Å². The molecule has 0 radical (unpaired) electrons. The Hall–Kier alpha value is -1.92. The summed E-state index contributed by atoms with van der Waals surface area (Å²) in [6.45, 7) is 4.35. The summed E-state index contributed by atoms with van der Waals surface area (Å²) in [4.78, 5) is 29.2. The minimum absolute atomic E-state index is 0.110. The van der Waals surface area contributed by atoms with Gasteiger partial charge in [-0.05, 0) is 25.3 Å². The Morgan fingerprint density at radius 1 is 1.32 bits per heavy atom. The number of carbonyl (C=O) groups is 2. The second-order valence-electron chi connectivity index (χ2n) is 6.70. The number of methoxy groups -OCH3 is 1. The zero-order valence-corrected chi connectivity index (χ0v) is 14.9. The first-order chi connectivity index (χ1) is 12.1. The third-order valence-corrected chi connectivity index (χ3v) is 5.15. The molecule has 1 aromatic rings. The molecule has 0 saturated carbocycles. The van der Waals surface area contributed by atoms with E-state index in [9.17, 15) is 9.59 Å². The smallest absolute Gasteiger partial charge is 0.325 e. The van der Waals surface area contributed by atoms with Crippen LogP contribution in [-0.4, -0.2) is 66.7 Å². The van der Waals surface area contributed by atoms with Crippen molar-refractivity contribution in [1.29, 1.82) is 0 Å². The molecular formula is C19H26N2O4. The summed E-state index contributed by atoms with van der Waals surface area (Å²) in [7, 11) is 1.57. The molecule has 2 saturated heterocycles. The SMILES string of the molecule is CCOC(=O)C(COC)N1CCCC12CN(Cc1ccccc1)C2=O. The lowest BCUT2D eigenvalue weighted by atomic mass is 9.84. The van der Waals surface area contributed by atoms with Crippen molar-refractivity contribution in [2.75, 3.05) is 33.4 Å². The van der Waals surface area contributed by atoms with Gasteiger partial charge in [0.1, 0.15) is 11.6 Å². The van der Waals surface area contributed by atoms with Gasteiger partial charge in [0.05, 0.1) is 13.2 Å². The van der Waals surface area contributed by atoms with Crippen molar-refractivity contribution < 1.29 is 19.1 Å². The molecule has 0 aromatic heterocycles. The molecule has 0 aliphatic carbocycles. The van der Waals surface area contributed by atoms with Gasteiger partial charge in [0.25, 0.3) is 0 Å². The molecule has 2 aliphatic heterocycles. The van der Waals surface area contributed by atoms with Crippen molar-refractivity contribution in [3.8, 4) is 0 Å². The van der Waals surface area contributed by atoms with Gasteiger partial charge in [0.2, 0.25) is 5.91 Å². The van der Waals surface area contributed by atoms with Crippen LogP contribution in [0.15, 0.2) is 30.3 Å². The van der Waals surface area contributed by atoms with E-state index in [0.29, 0.717) is 19.7 Å². The third kappa shape index (κ3) is 3.28. The lowest BCUT2D eigenvalue weighted by molar-refractivity contribution is -0.172. The van der Waals surface area contributed by atoms with Crippen LogP contribution >= 0.6 is 0 Å². The van der Waals surface area contributed by atoms with Crippen LogP contribution in [0.4, 0.5) is 0 Å². The number of likely N-dealkylation sites (tertiary alicyclic amines) is 2. The molecule has 25 heavy (non-hydrogen) atoms. The molecule has 2 aliphatic rings. The van der Waals surface area contributed by atoms with Crippen LogP contribution in [-0.2, 0) is 25.6 Å². The Morgan fingerprint density at radius 3 is 2.72 bits per heavy atom. The second kappa shape index (κ2) is 7.54. The molecule has 2 fully saturated rings. The van der Waals surface area contributed by atoms with E-state index < -0.39 is 11.6 Å². The number of nitrogens with zero attached hydrogens (tertiary/aromatic N) is 2.